The lowest BCUT2D eigenvalue weighted by atomic mass is 9.99. The van der Waals surface area contributed by atoms with Crippen LogP contribution in [0.3, 0.4) is 0 Å². The van der Waals surface area contributed by atoms with E-state index in [2.05, 4.69) is 31.3 Å². The number of ether oxygens (including phenoxy) is 2. The van der Waals surface area contributed by atoms with E-state index in [1.54, 1.807) is 6.08 Å². The third-order valence-corrected chi connectivity index (χ3v) is 11.8. The molecule has 7 atom stereocenters. The summed E-state index contributed by atoms with van der Waals surface area (Å²) in [6.07, 6.45) is 40.8. The van der Waals surface area contributed by atoms with Crippen molar-refractivity contribution in [1.29, 1.82) is 0 Å². The molecule has 1 rings (SSSR count). The molecule has 0 aliphatic carbocycles. The van der Waals surface area contributed by atoms with Crippen molar-refractivity contribution in [3.8, 4) is 0 Å². The van der Waals surface area contributed by atoms with Gasteiger partial charge in [0.1, 0.15) is 24.4 Å². The zero-order valence-corrected chi connectivity index (χ0v) is 37.6. The van der Waals surface area contributed by atoms with Crippen LogP contribution in [0.2, 0.25) is 0 Å². The lowest BCUT2D eigenvalue weighted by Crippen LogP contribution is -2.60. The summed E-state index contributed by atoms with van der Waals surface area (Å²) in [7, 11) is 0. The summed E-state index contributed by atoms with van der Waals surface area (Å²) in [4.78, 5) is 13.0. The SMILES string of the molecule is CCCCCCCCC/C=C\CCCCCCCC(=O)NC(COC1OC(CO)C(O)C(O)C1O)C(O)/C=C/CCCCCCCCCCCCCCCCCCC. The van der Waals surface area contributed by atoms with Crippen LogP contribution in [0.5, 0.6) is 0 Å². The van der Waals surface area contributed by atoms with Crippen LogP contribution in [0.25, 0.3) is 0 Å². The highest BCUT2D eigenvalue weighted by atomic mass is 16.7. The van der Waals surface area contributed by atoms with Gasteiger partial charge in [0.15, 0.2) is 6.29 Å². The second-order valence-electron chi connectivity index (χ2n) is 17.3. The van der Waals surface area contributed by atoms with Gasteiger partial charge < -0.3 is 40.3 Å². The van der Waals surface area contributed by atoms with Crippen LogP contribution in [0.4, 0.5) is 0 Å². The molecule has 1 amide bonds. The number of aliphatic hydroxyl groups excluding tert-OH is 5. The van der Waals surface area contributed by atoms with Crippen molar-refractivity contribution in [2.24, 2.45) is 0 Å². The van der Waals surface area contributed by atoms with Gasteiger partial charge in [-0.25, -0.2) is 0 Å². The Bertz CT molecular complexity index is 961. The van der Waals surface area contributed by atoms with Gasteiger partial charge >= 0.3 is 0 Å². The summed E-state index contributed by atoms with van der Waals surface area (Å²) in [5, 5.41) is 54.3. The lowest BCUT2D eigenvalue weighted by Gasteiger charge is -2.40. The molecule has 0 aromatic heterocycles. The number of allylic oxidation sites excluding steroid dienone is 3. The molecule has 58 heavy (non-hydrogen) atoms. The molecule has 1 saturated heterocycles. The second-order valence-corrected chi connectivity index (χ2v) is 17.3. The molecule has 1 aliphatic rings. The third kappa shape index (κ3) is 29.8. The predicted molar refractivity (Wildman–Crippen MR) is 240 cm³/mol. The number of rotatable bonds is 41. The largest absolute Gasteiger partial charge is 0.394 e. The van der Waals surface area contributed by atoms with Crippen molar-refractivity contribution in [3.63, 3.8) is 0 Å². The Labute approximate surface area is 356 Å². The maximum atomic E-state index is 13.0. The molecule has 1 fully saturated rings. The summed E-state index contributed by atoms with van der Waals surface area (Å²) in [6.45, 7) is 3.78. The molecule has 0 aromatic rings. The number of hydrogen-bond donors (Lipinski definition) is 6. The van der Waals surface area contributed by atoms with E-state index in [1.165, 1.54) is 148 Å². The van der Waals surface area contributed by atoms with Crippen molar-refractivity contribution < 1.29 is 39.8 Å². The van der Waals surface area contributed by atoms with Gasteiger partial charge in [-0.05, 0) is 44.9 Å². The van der Waals surface area contributed by atoms with Gasteiger partial charge in [0.25, 0.3) is 0 Å². The standard InChI is InChI=1S/C49H93NO8/c1-3-5-7-9-11-13-15-17-19-21-22-23-24-26-28-30-32-34-36-38-43(52)42(41-57-49-48(56)47(55)46(54)44(40-51)58-49)50-45(53)39-37-35-33-31-29-27-25-20-18-16-14-12-10-8-6-4-2/h20,25,36,38,42-44,46-49,51-52,54-56H,3-19,21-24,26-35,37,39-41H2,1-2H3,(H,50,53)/b25-20-,38-36+. The third-order valence-electron chi connectivity index (χ3n) is 11.8. The van der Waals surface area contributed by atoms with E-state index in [0.29, 0.717) is 6.42 Å². The average molecular weight is 824 g/mol. The molecule has 9 heteroatoms. The van der Waals surface area contributed by atoms with Crippen LogP contribution in [-0.4, -0.2) is 87.5 Å². The van der Waals surface area contributed by atoms with Gasteiger partial charge in [-0.1, -0.05) is 199 Å². The lowest BCUT2D eigenvalue weighted by molar-refractivity contribution is -0.302. The molecule has 0 saturated carbocycles. The summed E-state index contributed by atoms with van der Waals surface area (Å²) < 4.78 is 11.2. The maximum Gasteiger partial charge on any atom is 0.220 e. The Hall–Kier alpha value is -1.33. The first-order valence-electron chi connectivity index (χ1n) is 24.6. The molecule has 0 bridgehead atoms. The van der Waals surface area contributed by atoms with Gasteiger partial charge in [-0.2, -0.15) is 0 Å². The number of carbonyl (C=O) groups excluding carboxylic acids is 1. The normalized spacial score (nSPS) is 21.0. The predicted octanol–water partition coefficient (Wildman–Crippen LogP) is 10.7. The van der Waals surface area contributed by atoms with Crippen LogP contribution >= 0.6 is 0 Å². The Balaban J connectivity index is 2.33. The maximum absolute atomic E-state index is 13.0. The molecule has 9 nitrogen and oxygen atoms in total. The number of hydrogen-bond acceptors (Lipinski definition) is 8. The Morgan fingerprint density at radius 3 is 1.40 bits per heavy atom. The van der Waals surface area contributed by atoms with Crippen LogP contribution in [0.1, 0.15) is 226 Å². The number of aliphatic hydroxyl groups is 5. The van der Waals surface area contributed by atoms with Gasteiger partial charge in [0.2, 0.25) is 5.91 Å². The molecule has 7 unspecified atom stereocenters. The van der Waals surface area contributed by atoms with E-state index >= 15 is 0 Å². The number of amides is 1. The van der Waals surface area contributed by atoms with Crippen molar-refractivity contribution in [2.45, 2.75) is 269 Å². The first-order valence-corrected chi connectivity index (χ1v) is 24.6. The minimum atomic E-state index is -1.57. The zero-order valence-electron chi connectivity index (χ0n) is 37.6. The summed E-state index contributed by atoms with van der Waals surface area (Å²) in [5.74, 6) is -0.184. The van der Waals surface area contributed by atoms with Crippen LogP contribution < -0.4 is 5.32 Å². The van der Waals surface area contributed by atoms with Crippen LogP contribution in [-0.2, 0) is 14.3 Å². The van der Waals surface area contributed by atoms with Gasteiger partial charge in [0.05, 0.1) is 25.4 Å². The fraction of sp³-hybridized carbons (Fsp3) is 0.898. The average Bonchev–Trinajstić information content (AvgIpc) is 3.22. The van der Waals surface area contributed by atoms with E-state index < -0.39 is 49.5 Å². The molecule has 6 N–H and O–H groups in total. The van der Waals surface area contributed by atoms with Gasteiger partial charge in [0, 0.05) is 6.42 Å². The highest BCUT2D eigenvalue weighted by Gasteiger charge is 2.44. The molecular weight excluding hydrogens is 731 g/mol. The molecule has 0 aromatic carbocycles. The molecule has 0 radical (unpaired) electrons. The van der Waals surface area contributed by atoms with E-state index in [9.17, 15) is 30.3 Å². The number of unbranched alkanes of at least 4 members (excludes halogenated alkanes) is 29. The minimum absolute atomic E-state index is 0.184. The van der Waals surface area contributed by atoms with E-state index in [4.69, 9.17) is 9.47 Å². The van der Waals surface area contributed by atoms with Crippen molar-refractivity contribution in [1.82, 2.24) is 5.32 Å². The van der Waals surface area contributed by atoms with Gasteiger partial charge in [-0.3, -0.25) is 4.79 Å². The number of nitrogens with one attached hydrogen (secondary N) is 1. The first kappa shape index (κ1) is 54.7. The van der Waals surface area contributed by atoms with Crippen molar-refractivity contribution in [2.75, 3.05) is 13.2 Å². The van der Waals surface area contributed by atoms with Crippen LogP contribution in [0.15, 0.2) is 24.3 Å². The van der Waals surface area contributed by atoms with E-state index in [1.807, 2.05) is 6.08 Å². The topological polar surface area (TPSA) is 149 Å². The summed E-state index contributed by atoms with van der Waals surface area (Å²) in [5.41, 5.74) is 0. The van der Waals surface area contributed by atoms with Gasteiger partial charge in [-0.15, -0.1) is 0 Å². The minimum Gasteiger partial charge on any atom is -0.394 e. The first-order chi connectivity index (χ1) is 28.3. The second kappa shape index (κ2) is 39.8. The fourth-order valence-corrected chi connectivity index (χ4v) is 7.80. The Morgan fingerprint density at radius 1 is 0.569 bits per heavy atom. The fourth-order valence-electron chi connectivity index (χ4n) is 7.80. The van der Waals surface area contributed by atoms with E-state index in [-0.39, 0.29) is 12.5 Å². The highest BCUT2D eigenvalue weighted by molar-refractivity contribution is 5.76. The number of carbonyl (C=O) groups is 1. The van der Waals surface area contributed by atoms with Crippen molar-refractivity contribution >= 4 is 5.91 Å². The van der Waals surface area contributed by atoms with Crippen LogP contribution in [0, 0.1) is 0 Å². The summed E-state index contributed by atoms with van der Waals surface area (Å²) >= 11 is 0. The molecule has 1 aliphatic heterocycles. The Kier molecular flexibility index (Phi) is 37.5. The molecule has 0 spiro atoms. The monoisotopic (exact) mass is 824 g/mol. The smallest absolute Gasteiger partial charge is 0.220 e. The summed E-state index contributed by atoms with van der Waals surface area (Å²) in [6, 6.07) is -0.806. The van der Waals surface area contributed by atoms with Crippen molar-refractivity contribution in [3.05, 3.63) is 24.3 Å². The molecular formula is C49H93NO8. The zero-order chi connectivity index (χ0) is 42.3. The quantitative estimate of drug-likeness (QED) is 0.0264. The molecule has 1 heterocycles. The highest BCUT2D eigenvalue weighted by Crippen LogP contribution is 2.23. The van der Waals surface area contributed by atoms with E-state index in [0.717, 1.165) is 57.8 Å². The Morgan fingerprint density at radius 2 is 0.966 bits per heavy atom. The molecule has 342 valence electrons.